The lowest BCUT2D eigenvalue weighted by Crippen LogP contribution is -2.24. The predicted octanol–water partition coefficient (Wildman–Crippen LogP) is 5.86. The maximum Gasteiger partial charge on any atom is 0.318 e. The number of carbonyl (C=O) groups excluding carboxylic acids is 1. The largest absolute Gasteiger partial charge is 0.464 e. The van der Waals surface area contributed by atoms with Gasteiger partial charge in [-0.3, -0.25) is 4.79 Å². The van der Waals surface area contributed by atoms with E-state index in [2.05, 4.69) is 24.3 Å². The fraction of sp³-hybridized carbons (Fsp3) is 0.107. The molecule has 0 saturated carbocycles. The third-order valence-electron chi connectivity index (χ3n) is 6.43. The molecule has 2 N–H and O–H groups in total. The van der Waals surface area contributed by atoms with Gasteiger partial charge in [-0.2, -0.15) is 0 Å². The number of nitrogens with two attached hydrogens (primary N) is 1. The smallest absolute Gasteiger partial charge is 0.318 e. The fourth-order valence-electron chi connectivity index (χ4n) is 4.98. The Labute approximate surface area is 186 Å². The molecule has 1 unspecified atom stereocenters. The van der Waals surface area contributed by atoms with Crippen LogP contribution < -0.4 is 10.5 Å². The van der Waals surface area contributed by atoms with Crippen molar-refractivity contribution in [2.24, 2.45) is 0 Å². The highest BCUT2D eigenvalue weighted by atomic mass is 16.5. The first-order valence-corrected chi connectivity index (χ1v) is 10.7. The van der Waals surface area contributed by atoms with Crippen LogP contribution in [0, 0.1) is 0 Å². The fourth-order valence-corrected chi connectivity index (χ4v) is 4.98. The summed E-state index contributed by atoms with van der Waals surface area (Å²) in [5, 5.41) is 0. The van der Waals surface area contributed by atoms with Crippen LogP contribution in [0.5, 0.6) is 11.5 Å². The van der Waals surface area contributed by atoms with E-state index in [0.29, 0.717) is 22.7 Å². The number of hydrogen-bond acceptors (Lipinski definition) is 4. The van der Waals surface area contributed by atoms with Crippen molar-refractivity contribution >= 4 is 11.7 Å². The van der Waals surface area contributed by atoms with E-state index in [1.165, 1.54) is 22.3 Å². The molecule has 0 spiro atoms. The van der Waals surface area contributed by atoms with E-state index in [0.717, 1.165) is 5.56 Å². The number of anilines is 1. The molecule has 32 heavy (non-hydrogen) atoms. The summed E-state index contributed by atoms with van der Waals surface area (Å²) in [5.41, 5.74) is 13.0. The maximum atomic E-state index is 13.5. The van der Waals surface area contributed by atoms with Crippen molar-refractivity contribution in [3.63, 3.8) is 0 Å². The second kappa shape index (κ2) is 7.27. The molecule has 6 rings (SSSR count). The summed E-state index contributed by atoms with van der Waals surface area (Å²) in [6, 6.07) is 29.7. The number of benzene rings is 4. The summed E-state index contributed by atoms with van der Waals surface area (Å²) < 4.78 is 12.0. The van der Waals surface area contributed by atoms with Crippen molar-refractivity contribution in [3.8, 4) is 22.6 Å². The van der Waals surface area contributed by atoms with Crippen molar-refractivity contribution in [2.45, 2.75) is 11.8 Å². The molecule has 4 nitrogen and oxygen atoms in total. The molecule has 0 amide bonds. The van der Waals surface area contributed by atoms with Crippen LogP contribution in [0.1, 0.15) is 34.1 Å². The molecule has 4 aromatic rings. The van der Waals surface area contributed by atoms with E-state index < -0.39 is 5.92 Å². The van der Waals surface area contributed by atoms with E-state index >= 15 is 0 Å². The van der Waals surface area contributed by atoms with E-state index in [1.807, 2.05) is 60.7 Å². The quantitative estimate of drug-likeness (QED) is 0.334. The van der Waals surface area contributed by atoms with Gasteiger partial charge in [-0.25, -0.2) is 0 Å². The van der Waals surface area contributed by atoms with Gasteiger partial charge in [0, 0.05) is 22.7 Å². The van der Waals surface area contributed by atoms with Crippen molar-refractivity contribution in [3.05, 3.63) is 113 Å². The van der Waals surface area contributed by atoms with Crippen LogP contribution in [-0.2, 0) is 9.53 Å². The molecule has 4 heteroatoms. The molecule has 0 saturated heterocycles. The second-order valence-electron chi connectivity index (χ2n) is 8.19. The van der Waals surface area contributed by atoms with Crippen LogP contribution in [0.2, 0.25) is 0 Å². The van der Waals surface area contributed by atoms with Gasteiger partial charge >= 0.3 is 5.97 Å². The van der Waals surface area contributed by atoms with Crippen LogP contribution in [0.3, 0.4) is 0 Å². The first kappa shape index (κ1) is 18.7. The lowest BCUT2D eigenvalue weighted by atomic mass is 9.87. The molecule has 0 fully saturated rings. The van der Waals surface area contributed by atoms with Crippen LogP contribution >= 0.6 is 0 Å². The number of carbonyl (C=O) groups is 1. The van der Waals surface area contributed by atoms with Gasteiger partial charge in [-0.15, -0.1) is 0 Å². The van der Waals surface area contributed by atoms with E-state index in [4.69, 9.17) is 15.2 Å². The Balaban J connectivity index is 1.35. The minimum absolute atomic E-state index is 0.00836. The normalized spacial score (nSPS) is 15.7. The maximum absolute atomic E-state index is 13.5. The number of fused-ring (bicyclic) bond motifs is 5. The Bertz CT molecular complexity index is 1310. The standard InChI is InChI=1S/C28H21NO3/c29-23-13-7-15-25-27(23)26(21-12-5-6-14-24(21)32-25)28(30)31-16-22-19-10-3-1-8-17(19)18-9-2-4-11-20(18)22/h1-15,22,26H,16,29H2. The molecule has 2 aliphatic rings. The van der Waals surface area contributed by atoms with Crippen LogP contribution in [-0.4, -0.2) is 12.6 Å². The van der Waals surface area contributed by atoms with Gasteiger partial charge in [-0.05, 0) is 40.5 Å². The molecular formula is C28H21NO3. The summed E-state index contributed by atoms with van der Waals surface area (Å²) in [4.78, 5) is 13.5. The molecule has 1 aliphatic heterocycles. The van der Waals surface area contributed by atoms with Gasteiger partial charge < -0.3 is 15.2 Å². The van der Waals surface area contributed by atoms with Crippen molar-refractivity contribution < 1.29 is 14.3 Å². The van der Waals surface area contributed by atoms with E-state index in [1.54, 1.807) is 6.07 Å². The summed E-state index contributed by atoms with van der Waals surface area (Å²) in [6.45, 7) is 0.272. The van der Waals surface area contributed by atoms with E-state index in [9.17, 15) is 4.79 Å². The first-order chi connectivity index (χ1) is 15.7. The summed E-state index contributed by atoms with van der Waals surface area (Å²) in [6.07, 6.45) is 0. The topological polar surface area (TPSA) is 61.6 Å². The molecule has 0 aromatic heterocycles. The third-order valence-corrected chi connectivity index (χ3v) is 6.43. The monoisotopic (exact) mass is 419 g/mol. The summed E-state index contributed by atoms with van der Waals surface area (Å²) in [5.74, 6) is 0.324. The van der Waals surface area contributed by atoms with Crippen LogP contribution in [0.15, 0.2) is 91.0 Å². The Morgan fingerprint density at radius 1 is 0.750 bits per heavy atom. The predicted molar refractivity (Wildman–Crippen MR) is 124 cm³/mol. The lowest BCUT2D eigenvalue weighted by Gasteiger charge is -2.28. The van der Waals surface area contributed by atoms with Gasteiger partial charge in [0.05, 0.1) is 0 Å². The number of esters is 1. The zero-order valence-corrected chi connectivity index (χ0v) is 17.3. The Morgan fingerprint density at radius 2 is 1.34 bits per heavy atom. The van der Waals surface area contributed by atoms with Gasteiger partial charge in [0.2, 0.25) is 0 Å². The highest BCUT2D eigenvalue weighted by molar-refractivity contribution is 5.88. The van der Waals surface area contributed by atoms with Gasteiger partial charge in [-0.1, -0.05) is 72.8 Å². The van der Waals surface area contributed by atoms with Gasteiger partial charge in [0.1, 0.15) is 24.0 Å². The van der Waals surface area contributed by atoms with Gasteiger partial charge in [0.15, 0.2) is 0 Å². The molecule has 1 atom stereocenters. The van der Waals surface area contributed by atoms with Crippen LogP contribution in [0.4, 0.5) is 5.69 Å². The molecule has 1 aliphatic carbocycles. The number of nitrogen functional groups attached to an aromatic ring is 1. The minimum Gasteiger partial charge on any atom is -0.464 e. The SMILES string of the molecule is Nc1cccc2c1C(C(=O)OCC1c3ccccc3-c3ccccc31)c1ccccc1O2. The third kappa shape index (κ3) is 2.80. The average Bonchev–Trinajstić information content (AvgIpc) is 3.15. The first-order valence-electron chi connectivity index (χ1n) is 10.7. The van der Waals surface area contributed by atoms with Crippen molar-refractivity contribution in [1.29, 1.82) is 0 Å². The molecular weight excluding hydrogens is 398 g/mol. The summed E-state index contributed by atoms with van der Waals surface area (Å²) >= 11 is 0. The van der Waals surface area contributed by atoms with E-state index in [-0.39, 0.29) is 18.5 Å². The number of rotatable bonds is 3. The Morgan fingerprint density at radius 3 is 2.06 bits per heavy atom. The minimum atomic E-state index is -0.622. The molecule has 1 heterocycles. The molecule has 156 valence electrons. The molecule has 0 radical (unpaired) electrons. The zero-order valence-electron chi connectivity index (χ0n) is 17.3. The molecule has 0 bridgehead atoms. The second-order valence-corrected chi connectivity index (χ2v) is 8.19. The number of ether oxygens (including phenoxy) is 2. The Kier molecular flexibility index (Phi) is 4.25. The highest BCUT2D eigenvalue weighted by Gasteiger charge is 2.37. The Hall–Kier alpha value is -4.05. The van der Waals surface area contributed by atoms with Crippen LogP contribution in [0.25, 0.3) is 11.1 Å². The van der Waals surface area contributed by atoms with Crippen molar-refractivity contribution in [2.75, 3.05) is 12.3 Å². The van der Waals surface area contributed by atoms with Crippen molar-refractivity contribution in [1.82, 2.24) is 0 Å². The summed E-state index contributed by atoms with van der Waals surface area (Å²) in [7, 11) is 0. The number of para-hydroxylation sites is 1. The highest BCUT2D eigenvalue weighted by Crippen LogP contribution is 2.48. The average molecular weight is 419 g/mol. The van der Waals surface area contributed by atoms with Gasteiger partial charge in [0.25, 0.3) is 0 Å². The number of hydrogen-bond donors (Lipinski definition) is 1. The molecule has 4 aromatic carbocycles. The lowest BCUT2D eigenvalue weighted by molar-refractivity contribution is -0.144. The zero-order chi connectivity index (χ0) is 21.7.